The fraction of sp³-hybridized carbons (Fsp3) is 0.333. The second-order valence-corrected chi connectivity index (χ2v) is 7.41. The van der Waals surface area contributed by atoms with Gasteiger partial charge in [-0.3, -0.25) is 4.79 Å². The van der Waals surface area contributed by atoms with Gasteiger partial charge in [-0.1, -0.05) is 24.3 Å². The van der Waals surface area contributed by atoms with Crippen molar-refractivity contribution in [3.8, 4) is 23.0 Å². The maximum Gasteiger partial charge on any atom is 0.274 e. The lowest BCUT2D eigenvalue weighted by atomic mass is 10.1. The van der Waals surface area contributed by atoms with Gasteiger partial charge in [0, 0.05) is 11.5 Å². The number of hydrogen-bond acceptors (Lipinski definition) is 5. The number of aromatic nitrogens is 1. The minimum atomic E-state index is -0.233. The van der Waals surface area contributed by atoms with Crippen LogP contribution in [0.1, 0.15) is 60.5 Å². The van der Waals surface area contributed by atoms with E-state index in [0.29, 0.717) is 35.5 Å². The molecule has 3 aromatic rings. The van der Waals surface area contributed by atoms with E-state index in [-0.39, 0.29) is 17.9 Å². The van der Waals surface area contributed by atoms with Crippen LogP contribution in [0.4, 0.5) is 0 Å². The molecular weight excluding hydrogens is 380 g/mol. The van der Waals surface area contributed by atoms with Crippen molar-refractivity contribution >= 4 is 5.91 Å². The number of hydrogen-bond donors (Lipinski definition) is 1. The SMILES string of the molecule is CCOc1ccc(C(C)NC(=O)c2nc(-c3ccccc3)oc2C2CC2)cc1OC. The van der Waals surface area contributed by atoms with Crippen molar-refractivity contribution < 1.29 is 18.7 Å². The van der Waals surface area contributed by atoms with Crippen LogP contribution in [0.3, 0.4) is 0 Å². The fourth-order valence-electron chi connectivity index (χ4n) is 3.40. The van der Waals surface area contributed by atoms with Crippen LogP contribution in [0, 0.1) is 0 Å². The molecule has 1 heterocycles. The van der Waals surface area contributed by atoms with Crippen LogP contribution < -0.4 is 14.8 Å². The molecule has 1 atom stereocenters. The van der Waals surface area contributed by atoms with Gasteiger partial charge in [-0.2, -0.15) is 0 Å². The number of benzene rings is 2. The Morgan fingerprint density at radius 1 is 1.20 bits per heavy atom. The van der Waals surface area contributed by atoms with Gasteiger partial charge in [0.2, 0.25) is 5.89 Å². The minimum Gasteiger partial charge on any atom is -0.493 e. The van der Waals surface area contributed by atoms with Crippen molar-refractivity contribution in [3.05, 3.63) is 65.5 Å². The molecule has 6 nitrogen and oxygen atoms in total. The topological polar surface area (TPSA) is 73.6 Å². The molecule has 0 aliphatic heterocycles. The van der Waals surface area contributed by atoms with Crippen LogP contribution in [-0.4, -0.2) is 24.6 Å². The van der Waals surface area contributed by atoms with E-state index in [0.717, 1.165) is 24.0 Å². The molecule has 156 valence electrons. The van der Waals surface area contributed by atoms with Crippen molar-refractivity contribution in [3.63, 3.8) is 0 Å². The smallest absolute Gasteiger partial charge is 0.274 e. The molecule has 1 amide bonds. The lowest BCUT2D eigenvalue weighted by molar-refractivity contribution is 0.0933. The van der Waals surface area contributed by atoms with E-state index in [1.54, 1.807) is 7.11 Å². The molecule has 1 fully saturated rings. The van der Waals surface area contributed by atoms with Crippen molar-refractivity contribution in [2.24, 2.45) is 0 Å². The van der Waals surface area contributed by atoms with E-state index in [1.165, 1.54) is 0 Å². The first-order valence-corrected chi connectivity index (χ1v) is 10.3. The number of amides is 1. The molecule has 1 aromatic heterocycles. The Morgan fingerprint density at radius 3 is 2.63 bits per heavy atom. The zero-order valence-electron chi connectivity index (χ0n) is 17.5. The average molecular weight is 406 g/mol. The molecule has 0 spiro atoms. The highest BCUT2D eigenvalue weighted by molar-refractivity contribution is 5.94. The Kier molecular flexibility index (Phi) is 5.74. The van der Waals surface area contributed by atoms with E-state index in [1.807, 2.05) is 62.4 Å². The predicted molar refractivity (Wildman–Crippen MR) is 114 cm³/mol. The Bertz CT molecular complexity index is 1020. The highest BCUT2D eigenvalue weighted by Gasteiger charge is 2.34. The fourth-order valence-corrected chi connectivity index (χ4v) is 3.40. The van der Waals surface area contributed by atoms with Gasteiger partial charge in [-0.05, 0) is 56.5 Å². The zero-order valence-corrected chi connectivity index (χ0v) is 17.5. The molecule has 1 unspecified atom stereocenters. The molecule has 4 rings (SSSR count). The second kappa shape index (κ2) is 8.61. The van der Waals surface area contributed by atoms with Crippen LogP contribution in [0.25, 0.3) is 11.5 Å². The third-order valence-electron chi connectivity index (χ3n) is 5.17. The maximum atomic E-state index is 13.1. The molecule has 0 saturated heterocycles. The van der Waals surface area contributed by atoms with E-state index in [2.05, 4.69) is 10.3 Å². The second-order valence-electron chi connectivity index (χ2n) is 7.41. The van der Waals surface area contributed by atoms with Gasteiger partial charge < -0.3 is 19.2 Å². The highest BCUT2D eigenvalue weighted by atomic mass is 16.5. The summed E-state index contributed by atoms with van der Waals surface area (Å²) in [6.07, 6.45) is 2.05. The van der Waals surface area contributed by atoms with Gasteiger partial charge in [0.1, 0.15) is 5.76 Å². The number of rotatable bonds is 8. The van der Waals surface area contributed by atoms with E-state index in [4.69, 9.17) is 13.9 Å². The van der Waals surface area contributed by atoms with Crippen LogP contribution in [0.2, 0.25) is 0 Å². The van der Waals surface area contributed by atoms with Crippen molar-refractivity contribution in [1.29, 1.82) is 0 Å². The normalized spacial score (nSPS) is 14.2. The number of carbonyl (C=O) groups excluding carboxylic acids is 1. The first-order valence-electron chi connectivity index (χ1n) is 10.3. The predicted octanol–water partition coefficient (Wildman–Crippen LogP) is 5.12. The van der Waals surface area contributed by atoms with Crippen LogP contribution in [0.5, 0.6) is 11.5 Å². The molecule has 30 heavy (non-hydrogen) atoms. The third-order valence-corrected chi connectivity index (χ3v) is 5.17. The molecule has 1 aliphatic carbocycles. The largest absolute Gasteiger partial charge is 0.493 e. The summed E-state index contributed by atoms with van der Waals surface area (Å²) in [6.45, 7) is 4.42. The number of carbonyl (C=O) groups is 1. The number of nitrogens with zero attached hydrogens (tertiary/aromatic N) is 1. The monoisotopic (exact) mass is 406 g/mol. The van der Waals surface area contributed by atoms with E-state index in [9.17, 15) is 4.79 Å². The number of methoxy groups -OCH3 is 1. The van der Waals surface area contributed by atoms with Gasteiger partial charge in [0.15, 0.2) is 17.2 Å². The molecule has 0 bridgehead atoms. The van der Waals surface area contributed by atoms with E-state index >= 15 is 0 Å². The molecule has 1 aliphatic rings. The van der Waals surface area contributed by atoms with Gasteiger partial charge in [-0.25, -0.2) is 4.98 Å². The lowest BCUT2D eigenvalue weighted by Crippen LogP contribution is -2.27. The van der Waals surface area contributed by atoms with Crippen molar-refractivity contribution in [2.45, 2.75) is 38.6 Å². The average Bonchev–Trinajstić information content (AvgIpc) is 3.52. The lowest BCUT2D eigenvalue weighted by Gasteiger charge is -2.16. The summed E-state index contributed by atoms with van der Waals surface area (Å²) < 4.78 is 17.0. The summed E-state index contributed by atoms with van der Waals surface area (Å²) >= 11 is 0. The maximum absolute atomic E-state index is 13.1. The summed E-state index contributed by atoms with van der Waals surface area (Å²) in [5, 5.41) is 3.05. The number of ether oxygens (including phenoxy) is 2. The van der Waals surface area contributed by atoms with Crippen LogP contribution in [-0.2, 0) is 0 Å². The minimum absolute atomic E-state index is 0.231. The zero-order chi connectivity index (χ0) is 21.1. The molecule has 2 aromatic carbocycles. The molecule has 6 heteroatoms. The third kappa shape index (κ3) is 4.17. The Hall–Kier alpha value is -3.28. The highest BCUT2D eigenvalue weighted by Crippen LogP contribution is 2.43. The Balaban J connectivity index is 1.56. The van der Waals surface area contributed by atoms with Crippen LogP contribution in [0.15, 0.2) is 52.9 Å². The summed E-state index contributed by atoms with van der Waals surface area (Å²) in [7, 11) is 1.60. The Morgan fingerprint density at radius 2 is 1.97 bits per heavy atom. The molecular formula is C24H26N2O4. The number of nitrogens with one attached hydrogen (secondary N) is 1. The summed E-state index contributed by atoms with van der Waals surface area (Å²) in [6, 6.07) is 15.1. The summed E-state index contributed by atoms with van der Waals surface area (Å²) in [5.41, 5.74) is 2.16. The van der Waals surface area contributed by atoms with Crippen LogP contribution >= 0.6 is 0 Å². The van der Waals surface area contributed by atoms with Gasteiger partial charge in [0.25, 0.3) is 5.91 Å². The first kappa shape index (κ1) is 20.0. The van der Waals surface area contributed by atoms with Crippen molar-refractivity contribution in [2.75, 3.05) is 13.7 Å². The first-order chi connectivity index (χ1) is 14.6. The summed E-state index contributed by atoms with van der Waals surface area (Å²) in [5.74, 6) is 2.53. The quantitative estimate of drug-likeness (QED) is 0.562. The number of oxazole rings is 1. The van der Waals surface area contributed by atoms with Gasteiger partial charge >= 0.3 is 0 Å². The molecule has 1 N–H and O–H groups in total. The van der Waals surface area contributed by atoms with Crippen molar-refractivity contribution in [1.82, 2.24) is 10.3 Å². The standard InChI is InChI=1S/C24H26N2O4/c1-4-29-19-13-12-18(14-20(19)28-3)15(2)25-23(27)21-22(16-10-11-16)30-24(26-21)17-8-6-5-7-9-17/h5-9,12-16H,4,10-11H2,1-3H3,(H,25,27). The summed E-state index contributed by atoms with van der Waals surface area (Å²) in [4.78, 5) is 17.6. The molecule has 0 radical (unpaired) electrons. The van der Waals surface area contributed by atoms with Gasteiger partial charge in [0.05, 0.1) is 19.8 Å². The molecule has 1 saturated carbocycles. The Labute approximate surface area is 176 Å². The van der Waals surface area contributed by atoms with Gasteiger partial charge in [-0.15, -0.1) is 0 Å². The van der Waals surface area contributed by atoms with E-state index < -0.39 is 0 Å².